The Hall–Kier alpha value is -19.1. The number of fused-ring (bicyclic) bond motifs is 24. The van der Waals surface area contributed by atoms with Crippen LogP contribution in [-0.4, -0.2) is 27.4 Å². The lowest BCUT2D eigenvalue weighted by atomic mass is 10.00. The minimum Gasteiger partial charge on any atom is -0.454 e. The highest BCUT2D eigenvalue weighted by Gasteiger charge is 2.25. The van der Waals surface area contributed by atoms with Gasteiger partial charge in [0, 0.05) is 118 Å². The second-order valence-electron chi connectivity index (χ2n) is 38.1. The normalized spacial score (nSPS) is 11.8. The van der Waals surface area contributed by atoms with Crippen LogP contribution in [0.25, 0.3) is 274 Å². The first-order chi connectivity index (χ1) is 72.4. The smallest absolute Gasteiger partial charge is 0.159 e. The molecule has 0 fully saturated rings. The highest BCUT2D eigenvalue weighted by molar-refractivity contribution is 7.26. The lowest BCUT2D eigenvalue weighted by Gasteiger charge is -2.11. The predicted molar refractivity (Wildman–Crippen MR) is 618 cm³/mol. The third kappa shape index (κ3) is 13.8. The molecule has 682 valence electrons. The van der Waals surface area contributed by atoms with Crippen molar-refractivity contribution in [2.75, 3.05) is 0 Å². The van der Waals surface area contributed by atoms with Crippen LogP contribution in [0.5, 0.6) is 0 Å². The molecule has 0 saturated carbocycles. The third-order valence-corrected chi connectivity index (χ3v) is 31.1. The van der Waals surface area contributed by atoms with E-state index in [-0.39, 0.29) is 0 Å². The van der Waals surface area contributed by atoms with Crippen molar-refractivity contribution in [3.63, 3.8) is 0 Å². The standard InChI is InChI=1S/C48H30N2S.C48H32N2.C42H26N2O/c1-2-11-31(12-3-1)32-21-25-35(26-22-32)49-41-16-7-4-13-36(41)39-29-33(23-27-43(39)49)34-24-28-44-40(30-34)37-14-5-8-17-42(37)50(44)45-18-10-20-47-48(45)38-15-6-9-19-46(38)51-47;1-3-11-33(12-4-1)34-19-21-35(22-20-34)36-23-27-40(28-24-36)50-46-18-10-8-16-42(46)44-32-38(26-30-48(44)50)37-25-29-47-43(31-37)41-15-7-9-17-45(41)49(47)39-13-5-2-6-14-39;1-2-11-29(12-3-1)43-36-17-7-4-13-30(36)34-25-27(21-23-38(34)43)28-22-24-39-35(26-28)31-14-5-8-18-37(31)44(39)40-19-10-16-33-32-15-6-9-20-41(32)45-42(33)40/h1-30H;1-32H;1-26H. The Labute approximate surface area is 844 Å². The third-order valence-electron chi connectivity index (χ3n) is 30.0. The number of rotatable bonds is 12. The molecule has 0 aliphatic carbocycles. The van der Waals surface area contributed by atoms with Crippen molar-refractivity contribution >= 4 is 184 Å². The predicted octanol–water partition coefficient (Wildman–Crippen LogP) is 37.9. The zero-order valence-corrected chi connectivity index (χ0v) is 80.1. The van der Waals surface area contributed by atoms with Crippen LogP contribution in [0.2, 0.25) is 0 Å². The van der Waals surface area contributed by atoms with Crippen molar-refractivity contribution < 1.29 is 4.42 Å². The fourth-order valence-electron chi connectivity index (χ4n) is 23.3. The largest absolute Gasteiger partial charge is 0.454 e. The highest BCUT2D eigenvalue weighted by Crippen LogP contribution is 2.48. The molecular weight excluding hydrogens is 1790 g/mol. The number of nitrogens with zero attached hydrogens (tertiary/aromatic N) is 6. The van der Waals surface area contributed by atoms with Gasteiger partial charge in [0.2, 0.25) is 0 Å². The van der Waals surface area contributed by atoms with Crippen LogP contribution in [0, 0.1) is 0 Å². The van der Waals surface area contributed by atoms with Crippen LogP contribution in [-0.2, 0) is 0 Å². The molecule has 8 heteroatoms. The molecule has 23 aromatic carbocycles. The highest BCUT2D eigenvalue weighted by atomic mass is 32.1. The molecule has 0 atom stereocenters. The van der Waals surface area contributed by atoms with E-state index in [2.05, 4.69) is 549 Å². The number of benzene rings is 23. The summed E-state index contributed by atoms with van der Waals surface area (Å²) in [5, 5.41) is 20.0. The van der Waals surface area contributed by atoms with Gasteiger partial charge in [-0.15, -0.1) is 11.3 Å². The molecule has 0 N–H and O–H groups in total. The lowest BCUT2D eigenvalue weighted by molar-refractivity contribution is 0.666. The van der Waals surface area contributed by atoms with Crippen molar-refractivity contribution in [3.05, 3.63) is 534 Å². The summed E-state index contributed by atoms with van der Waals surface area (Å²) in [6, 6.07) is 193. The minimum atomic E-state index is 0.908. The van der Waals surface area contributed by atoms with E-state index in [9.17, 15) is 0 Å². The Morgan fingerprint density at radius 1 is 0.137 bits per heavy atom. The Bertz CT molecular complexity index is 10600. The van der Waals surface area contributed by atoms with E-state index in [0.717, 1.165) is 44.5 Å². The second-order valence-corrected chi connectivity index (χ2v) is 39.2. The second kappa shape index (κ2) is 34.4. The first-order valence-electron chi connectivity index (χ1n) is 50.0. The summed E-state index contributed by atoms with van der Waals surface area (Å²) in [7, 11) is 0. The van der Waals surface area contributed by atoms with E-state index in [4.69, 9.17) is 4.42 Å². The summed E-state index contributed by atoms with van der Waals surface area (Å²) in [6.07, 6.45) is 0. The van der Waals surface area contributed by atoms with Crippen LogP contribution in [0.1, 0.15) is 0 Å². The average Bonchev–Trinajstić information content (AvgIpc) is 1.58. The number of thiophene rings is 1. The summed E-state index contributed by atoms with van der Waals surface area (Å²) >= 11 is 1.87. The summed E-state index contributed by atoms with van der Waals surface area (Å²) in [5.41, 5.74) is 37.9. The van der Waals surface area contributed by atoms with Crippen molar-refractivity contribution in [1.82, 2.24) is 27.4 Å². The molecule has 0 aliphatic heterocycles. The minimum absolute atomic E-state index is 0.908. The molecule has 0 aliphatic rings. The van der Waals surface area contributed by atoms with Crippen LogP contribution < -0.4 is 0 Å². The summed E-state index contributed by atoms with van der Waals surface area (Å²) in [6.45, 7) is 0. The van der Waals surface area contributed by atoms with Gasteiger partial charge in [-0.25, -0.2) is 0 Å². The van der Waals surface area contributed by atoms with Crippen molar-refractivity contribution in [3.8, 4) is 101 Å². The van der Waals surface area contributed by atoms with E-state index >= 15 is 0 Å². The summed E-state index contributed by atoms with van der Waals surface area (Å²) < 4.78 is 23.5. The van der Waals surface area contributed by atoms with E-state index in [1.807, 2.05) is 23.5 Å². The number of para-hydroxylation sites is 10. The maximum atomic E-state index is 6.49. The van der Waals surface area contributed by atoms with Gasteiger partial charge in [-0.1, -0.05) is 346 Å². The molecule has 0 amide bonds. The van der Waals surface area contributed by atoms with Crippen molar-refractivity contribution in [2.24, 2.45) is 0 Å². The van der Waals surface area contributed by atoms with Gasteiger partial charge >= 0.3 is 0 Å². The lowest BCUT2D eigenvalue weighted by Crippen LogP contribution is -1.94. The van der Waals surface area contributed by atoms with Gasteiger partial charge in [-0.3, -0.25) is 0 Å². The van der Waals surface area contributed by atoms with Gasteiger partial charge < -0.3 is 31.8 Å². The van der Waals surface area contributed by atoms with Crippen LogP contribution >= 0.6 is 11.3 Å². The monoisotopic (exact) mass is 1880 g/mol. The van der Waals surface area contributed by atoms with Crippen LogP contribution in [0.4, 0.5) is 0 Å². The van der Waals surface area contributed by atoms with Gasteiger partial charge in [0.15, 0.2) is 5.58 Å². The van der Waals surface area contributed by atoms with Crippen molar-refractivity contribution in [1.29, 1.82) is 0 Å². The molecule has 7 nitrogen and oxygen atoms in total. The number of furan rings is 1. The van der Waals surface area contributed by atoms with Gasteiger partial charge in [-0.2, -0.15) is 0 Å². The first kappa shape index (κ1) is 83.8. The molecule has 146 heavy (non-hydrogen) atoms. The molecule has 0 radical (unpaired) electrons. The molecule has 0 bridgehead atoms. The Morgan fingerprint density at radius 2 is 0.370 bits per heavy atom. The van der Waals surface area contributed by atoms with Gasteiger partial charge in [-0.05, 0) is 255 Å². The van der Waals surface area contributed by atoms with E-state index in [1.165, 1.54) is 229 Å². The molecule has 31 aromatic rings. The van der Waals surface area contributed by atoms with Gasteiger partial charge in [0.1, 0.15) is 5.58 Å². The molecule has 0 unspecified atom stereocenters. The quantitative estimate of drug-likeness (QED) is 0.120. The van der Waals surface area contributed by atoms with Crippen LogP contribution in [0.3, 0.4) is 0 Å². The first-order valence-corrected chi connectivity index (χ1v) is 50.8. The molecule has 8 aromatic heterocycles. The number of hydrogen-bond donors (Lipinski definition) is 0. The van der Waals surface area contributed by atoms with E-state index < -0.39 is 0 Å². The van der Waals surface area contributed by atoms with Gasteiger partial charge in [0.25, 0.3) is 0 Å². The SMILES string of the molecule is c1ccc(-c2ccc(-c3ccc(-n4c5ccccc5c5cc(-c6ccc7c(c6)c6ccccc6n7-c6ccccc6)ccc54)cc3)cc2)cc1.c1ccc(-c2ccc(-n3c4ccccc4c4cc(-c5ccc6c(c5)c5ccccc5n6-c5cccc6sc7ccccc7c56)ccc43)cc2)cc1.c1ccc(-n2c3ccccc3c3cc(-c4ccc5c(c4)c4ccccc4n5-c4cccc5c4oc4ccccc45)ccc32)cc1. The van der Waals surface area contributed by atoms with E-state index in [0.29, 0.717) is 0 Å². The van der Waals surface area contributed by atoms with Gasteiger partial charge in [0.05, 0.1) is 77.6 Å². The number of aromatic nitrogens is 6. The molecule has 31 rings (SSSR count). The molecule has 0 spiro atoms. The fraction of sp³-hybridized carbons (Fsp3) is 0. The fourth-order valence-corrected chi connectivity index (χ4v) is 24.4. The zero-order valence-electron chi connectivity index (χ0n) is 79.3. The zero-order chi connectivity index (χ0) is 96.0. The average molecular weight is 1880 g/mol. The van der Waals surface area contributed by atoms with Crippen LogP contribution in [0.15, 0.2) is 538 Å². The molecule has 0 saturated heterocycles. The summed E-state index contributed by atoms with van der Waals surface area (Å²) in [5.74, 6) is 0. The number of hydrogen-bond acceptors (Lipinski definition) is 2. The topological polar surface area (TPSA) is 42.7 Å². The van der Waals surface area contributed by atoms with Crippen molar-refractivity contribution in [2.45, 2.75) is 0 Å². The molecular formula is C138H88N6OS. The van der Waals surface area contributed by atoms with E-state index in [1.54, 1.807) is 0 Å². The Kier molecular flexibility index (Phi) is 19.7. The Balaban J connectivity index is 0.000000104. The Morgan fingerprint density at radius 3 is 0.733 bits per heavy atom. The summed E-state index contributed by atoms with van der Waals surface area (Å²) in [4.78, 5) is 0. The maximum absolute atomic E-state index is 6.49. The molecule has 8 heterocycles. The maximum Gasteiger partial charge on any atom is 0.159 e.